The number of likely N-dealkylation sites (N-methyl/N-ethyl adjacent to an activating group) is 1. The maximum absolute atomic E-state index is 13.3. The van der Waals surface area contributed by atoms with Crippen LogP contribution in [0.3, 0.4) is 0 Å². The van der Waals surface area contributed by atoms with E-state index in [2.05, 4.69) is 15.6 Å². The number of aliphatic hydroxyl groups is 5. The fraction of sp³-hybridized carbons (Fsp3) is 0.833. The summed E-state index contributed by atoms with van der Waals surface area (Å²) in [5.41, 5.74) is 0.338. The van der Waals surface area contributed by atoms with Crippen molar-refractivity contribution in [2.75, 3.05) is 66.9 Å². The normalized spacial score (nSPS) is 29.9. The number of aromatic nitrogens is 3. The van der Waals surface area contributed by atoms with Crippen LogP contribution in [0, 0.1) is 0 Å². The molecule has 0 aliphatic carbocycles. The summed E-state index contributed by atoms with van der Waals surface area (Å²) in [6, 6.07) is 0. The van der Waals surface area contributed by atoms with E-state index >= 15 is 0 Å². The Morgan fingerprint density at radius 3 is 2.24 bits per heavy atom. The Kier molecular flexibility index (Phi) is 17.5. The molecule has 20 nitrogen and oxygen atoms in total. The zero-order valence-electron chi connectivity index (χ0n) is 28.7. The molecule has 2 unspecified atom stereocenters. The van der Waals surface area contributed by atoms with Gasteiger partial charge in [-0.3, -0.25) is 14.4 Å². The lowest BCUT2D eigenvalue weighted by Gasteiger charge is -2.42. The minimum absolute atomic E-state index is 0.0245. The van der Waals surface area contributed by atoms with Crippen molar-refractivity contribution in [2.24, 2.45) is 0 Å². The van der Waals surface area contributed by atoms with Gasteiger partial charge in [0, 0.05) is 47.4 Å². The Morgan fingerprint density at radius 2 is 1.58 bits per heavy atom. The Balaban J connectivity index is 1.54. The Bertz CT molecular complexity index is 1190. The smallest absolute Gasteiger partial charge is 0.254 e. The van der Waals surface area contributed by atoms with E-state index in [0.717, 1.165) is 0 Å². The molecule has 0 spiro atoms. The van der Waals surface area contributed by atoms with E-state index in [4.69, 9.17) is 38.3 Å². The lowest BCUT2D eigenvalue weighted by Crippen LogP contribution is -2.63. The van der Waals surface area contributed by atoms with Gasteiger partial charge in [-0.05, 0) is 19.8 Å². The molecule has 0 aromatic carbocycles. The summed E-state index contributed by atoms with van der Waals surface area (Å²) in [5.74, 6) is -1.37. The summed E-state index contributed by atoms with van der Waals surface area (Å²) in [6.45, 7) is 3.78. The van der Waals surface area contributed by atoms with E-state index in [9.17, 15) is 34.8 Å². The van der Waals surface area contributed by atoms with Crippen LogP contribution in [0.1, 0.15) is 37.2 Å². The number of Topliss-reactive ketones (excluding diaryl/α,β-unsaturated/α-hetero) is 1. The van der Waals surface area contributed by atoms with Crippen molar-refractivity contribution in [1.29, 1.82) is 0 Å². The number of nitrogens with one attached hydrogen (secondary N) is 1. The van der Waals surface area contributed by atoms with Gasteiger partial charge in [0.2, 0.25) is 0 Å². The molecule has 0 saturated carbocycles. The maximum Gasteiger partial charge on any atom is 0.254 e. The summed E-state index contributed by atoms with van der Waals surface area (Å²) in [4.78, 5) is 39.5. The maximum atomic E-state index is 13.3. The number of nitrogens with zero attached hydrogens (tertiary/aromatic N) is 4. The number of ether oxygens (including phenoxy) is 7. The minimum atomic E-state index is -1.62. The zero-order chi connectivity index (χ0) is 36.8. The third-order valence-corrected chi connectivity index (χ3v) is 8.27. The number of ketones is 1. The number of carbonyl (C=O) groups excluding carboxylic acids is 3. The summed E-state index contributed by atoms with van der Waals surface area (Å²) in [5, 5.41) is 61.9. The molecule has 1 aromatic heterocycles. The van der Waals surface area contributed by atoms with E-state index in [1.807, 2.05) is 0 Å². The van der Waals surface area contributed by atoms with E-state index < -0.39 is 73.2 Å². The molecule has 0 bridgehead atoms. The van der Waals surface area contributed by atoms with Crippen molar-refractivity contribution in [3.63, 3.8) is 0 Å². The van der Waals surface area contributed by atoms with Crippen LogP contribution in [0.4, 0.5) is 0 Å². The van der Waals surface area contributed by atoms with Gasteiger partial charge in [0.15, 0.2) is 30.6 Å². The SMILES string of the molecule is CCN(CCCCO)C(=O)C1O[C@@H](OCCO[C@@H]2C(C(=O)NCCOCCn3nncc3C(C)=O)O[C@@H](OC)[C@@H](O)[C@H]2O)[C@@H](O)[C@@H](O)[C@@H]1OC. The second kappa shape index (κ2) is 21.0. The van der Waals surface area contributed by atoms with Gasteiger partial charge in [-0.2, -0.15) is 0 Å². The molecule has 3 heterocycles. The van der Waals surface area contributed by atoms with Crippen molar-refractivity contribution >= 4 is 17.6 Å². The van der Waals surface area contributed by atoms with Gasteiger partial charge in [0.25, 0.3) is 11.8 Å². The van der Waals surface area contributed by atoms with Crippen LogP contribution >= 0.6 is 0 Å². The standard InChI is InChI=1S/C30H51N5O15/c1-5-34(9-6-7-11-36)28(43)26-23(44-3)19(38)22(41)30(50-26)48-15-14-47-24-20(39)21(40)29(45-4)49-25(24)27(42)31-8-12-46-13-10-35-18(17(2)37)16-32-33-35/h16,19-26,29-30,36,38-41H,5-15H2,1-4H3,(H,31,42)/t19-,20-,21+,22+,23+,24+,25?,26?,29-,30-/m1/s1. The van der Waals surface area contributed by atoms with Crippen LogP contribution < -0.4 is 5.32 Å². The molecular weight excluding hydrogens is 670 g/mol. The highest BCUT2D eigenvalue weighted by atomic mass is 16.7. The van der Waals surface area contributed by atoms with Gasteiger partial charge in [0.1, 0.15) is 42.3 Å². The molecule has 50 heavy (non-hydrogen) atoms. The molecule has 10 atom stereocenters. The van der Waals surface area contributed by atoms with Crippen LogP contribution in [0.15, 0.2) is 6.20 Å². The van der Waals surface area contributed by atoms with Crippen LogP contribution in [-0.2, 0) is 49.3 Å². The highest BCUT2D eigenvalue weighted by molar-refractivity contribution is 5.91. The van der Waals surface area contributed by atoms with Crippen molar-refractivity contribution in [3.8, 4) is 0 Å². The largest absolute Gasteiger partial charge is 0.396 e. The first-order valence-corrected chi connectivity index (χ1v) is 16.5. The number of rotatable bonds is 21. The predicted molar refractivity (Wildman–Crippen MR) is 167 cm³/mol. The third-order valence-electron chi connectivity index (χ3n) is 8.27. The molecule has 1 aromatic rings. The first kappa shape index (κ1) is 41.7. The molecule has 286 valence electrons. The Hall–Kier alpha value is -2.73. The van der Waals surface area contributed by atoms with E-state index in [-0.39, 0.29) is 51.9 Å². The Morgan fingerprint density at radius 1 is 0.900 bits per heavy atom. The summed E-state index contributed by atoms with van der Waals surface area (Å²) in [6.07, 6.45) is -12.1. The van der Waals surface area contributed by atoms with Gasteiger partial charge >= 0.3 is 0 Å². The first-order chi connectivity index (χ1) is 24.0. The molecular formula is C30H51N5O15. The van der Waals surface area contributed by atoms with E-state index in [1.54, 1.807) is 6.92 Å². The van der Waals surface area contributed by atoms with Crippen molar-refractivity contribution in [1.82, 2.24) is 25.2 Å². The van der Waals surface area contributed by atoms with Crippen molar-refractivity contribution in [3.05, 3.63) is 11.9 Å². The molecule has 2 fully saturated rings. The molecule has 3 rings (SSSR count). The molecule has 20 heteroatoms. The van der Waals surface area contributed by atoms with Gasteiger partial charge in [-0.1, -0.05) is 5.21 Å². The Labute approximate surface area is 289 Å². The average Bonchev–Trinajstić information content (AvgIpc) is 3.58. The second-order valence-corrected chi connectivity index (χ2v) is 11.6. The topological polar surface area (TPSA) is 263 Å². The van der Waals surface area contributed by atoms with Gasteiger partial charge < -0.3 is 68.9 Å². The summed E-state index contributed by atoms with van der Waals surface area (Å²) in [7, 11) is 2.50. The lowest BCUT2D eigenvalue weighted by molar-refractivity contribution is -0.305. The molecule has 2 aliphatic heterocycles. The number of hydrogen-bond donors (Lipinski definition) is 6. The second-order valence-electron chi connectivity index (χ2n) is 11.6. The third kappa shape index (κ3) is 10.9. The van der Waals surface area contributed by atoms with Crippen LogP contribution in [-0.4, -0.2) is 191 Å². The van der Waals surface area contributed by atoms with E-state index in [1.165, 1.54) is 36.9 Å². The first-order valence-electron chi connectivity index (χ1n) is 16.5. The zero-order valence-corrected chi connectivity index (χ0v) is 28.7. The molecule has 6 N–H and O–H groups in total. The predicted octanol–water partition coefficient (Wildman–Crippen LogP) is -3.81. The summed E-state index contributed by atoms with van der Waals surface area (Å²) < 4.78 is 40.0. The average molecular weight is 722 g/mol. The fourth-order valence-electron chi connectivity index (χ4n) is 5.53. The van der Waals surface area contributed by atoms with Gasteiger partial charge in [-0.25, -0.2) is 4.68 Å². The van der Waals surface area contributed by atoms with Crippen molar-refractivity contribution in [2.45, 2.75) is 94.6 Å². The molecule has 2 aliphatic rings. The quantitative estimate of drug-likeness (QED) is 0.0525. The highest BCUT2D eigenvalue weighted by Gasteiger charge is 2.50. The number of aliphatic hydroxyl groups excluding tert-OH is 5. The summed E-state index contributed by atoms with van der Waals surface area (Å²) >= 11 is 0. The fourth-order valence-corrected chi connectivity index (χ4v) is 5.53. The molecule has 2 amide bonds. The highest BCUT2D eigenvalue weighted by Crippen LogP contribution is 2.27. The van der Waals surface area contributed by atoms with Crippen LogP contribution in [0.2, 0.25) is 0 Å². The van der Waals surface area contributed by atoms with Gasteiger partial charge in [0.05, 0.1) is 39.2 Å². The molecule has 0 radical (unpaired) electrons. The van der Waals surface area contributed by atoms with Crippen LogP contribution in [0.25, 0.3) is 0 Å². The number of methoxy groups -OCH3 is 2. The number of amides is 2. The lowest BCUT2D eigenvalue weighted by atomic mass is 9.97. The minimum Gasteiger partial charge on any atom is -0.396 e. The van der Waals surface area contributed by atoms with Crippen LogP contribution in [0.5, 0.6) is 0 Å². The van der Waals surface area contributed by atoms with Crippen molar-refractivity contribution < 1.29 is 73.1 Å². The van der Waals surface area contributed by atoms with Gasteiger partial charge in [-0.15, -0.1) is 5.10 Å². The molecule has 2 saturated heterocycles. The number of hydrogen-bond acceptors (Lipinski definition) is 17. The monoisotopic (exact) mass is 721 g/mol. The van der Waals surface area contributed by atoms with E-state index in [0.29, 0.717) is 31.6 Å². The number of unbranched alkanes of at least 4 members (excludes halogenated alkanes) is 1. The number of carbonyl (C=O) groups is 3.